The summed E-state index contributed by atoms with van der Waals surface area (Å²) in [6, 6.07) is 8.52. The summed E-state index contributed by atoms with van der Waals surface area (Å²) in [6.07, 6.45) is 5.91. The standard InChI is InChI=1S/C13H15N3/c1-16-9-15-8-12(16)10-2-4-11(5-3-10)13(14)6-7-13/h2-5,8-9H,6-7,14H2,1H3. The highest BCUT2D eigenvalue weighted by Gasteiger charge is 2.39. The van der Waals surface area contributed by atoms with Gasteiger partial charge in [0.15, 0.2) is 0 Å². The summed E-state index contributed by atoms with van der Waals surface area (Å²) in [4.78, 5) is 4.12. The Labute approximate surface area is 94.9 Å². The van der Waals surface area contributed by atoms with Gasteiger partial charge in [0.1, 0.15) is 0 Å². The van der Waals surface area contributed by atoms with Gasteiger partial charge in [0.25, 0.3) is 0 Å². The molecule has 1 aromatic carbocycles. The molecule has 16 heavy (non-hydrogen) atoms. The van der Waals surface area contributed by atoms with E-state index in [0.29, 0.717) is 0 Å². The van der Waals surface area contributed by atoms with Crippen molar-refractivity contribution in [3.63, 3.8) is 0 Å². The summed E-state index contributed by atoms with van der Waals surface area (Å²) in [5.74, 6) is 0. The van der Waals surface area contributed by atoms with E-state index in [1.807, 2.05) is 24.1 Å². The first kappa shape index (κ1) is 9.60. The molecule has 0 atom stereocenters. The van der Waals surface area contributed by atoms with Crippen molar-refractivity contribution in [1.82, 2.24) is 9.55 Å². The van der Waals surface area contributed by atoms with E-state index in [0.717, 1.165) is 18.5 Å². The lowest BCUT2D eigenvalue weighted by Gasteiger charge is -2.10. The highest BCUT2D eigenvalue weighted by atomic mass is 15.0. The molecule has 3 heteroatoms. The van der Waals surface area contributed by atoms with Gasteiger partial charge in [0.05, 0.1) is 18.2 Å². The molecule has 0 bridgehead atoms. The molecule has 1 aromatic heterocycles. The Balaban J connectivity index is 1.96. The molecule has 3 nitrogen and oxygen atoms in total. The highest BCUT2D eigenvalue weighted by molar-refractivity contribution is 5.59. The second-order valence-electron chi connectivity index (χ2n) is 4.62. The fourth-order valence-corrected chi connectivity index (χ4v) is 2.03. The van der Waals surface area contributed by atoms with Crippen molar-refractivity contribution in [3.8, 4) is 11.3 Å². The topological polar surface area (TPSA) is 43.8 Å². The van der Waals surface area contributed by atoms with Crippen molar-refractivity contribution in [2.24, 2.45) is 12.8 Å². The molecule has 82 valence electrons. The number of hydrogen-bond donors (Lipinski definition) is 1. The molecule has 2 N–H and O–H groups in total. The zero-order valence-electron chi connectivity index (χ0n) is 9.35. The van der Waals surface area contributed by atoms with E-state index in [1.165, 1.54) is 11.1 Å². The number of nitrogens with two attached hydrogens (primary N) is 1. The van der Waals surface area contributed by atoms with E-state index in [-0.39, 0.29) is 5.54 Å². The molecular formula is C13H15N3. The first-order valence-corrected chi connectivity index (χ1v) is 5.55. The van der Waals surface area contributed by atoms with E-state index < -0.39 is 0 Å². The van der Waals surface area contributed by atoms with Gasteiger partial charge in [-0.1, -0.05) is 24.3 Å². The third kappa shape index (κ3) is 1.44. The van der Waals surface area contributed by atoms with Gasteiger partial charge in [-0.3, -0.25) is 0 Å². The Kier molecular flexibility index (Phi) is 1.91. The van der Waals surface area contributed by atoms with E-state index in [2.05, 4.69) is 29.2 Å². The zero-order valence-corrected chi connectivity index (χ0v) is 9.35. The predicted molar refractivity (Wildman–Crippen MR) is 63.7 cm³/mol. The summed E-state index contributed by atoms with van der Waals surface area (Å²) in [6.45, 7) is 0. The zero-order chi connectivity index (χ0) is 11.2. The summed E-state index contributed by atoms with van der Waals surface area (Å²) >= 11 is 0. The van der Waals surface area contributed by atoms with Crippen LogP contribution in [0.1, 0.15) is 18.4 Å². The van der Waals surface area contributed by atoms with Crippen LogP contribution in [-0.4, -0.2) is 9.55 Å². The molecule has 0 unspecified atom stereocenters. The molecule has 1 saturated carbocycles. The molecule has 0 amide bonds. The van der Waals surface area contributed by atoms with Crippen molar-refractivity contribution in [2.75, 3.05) is 0 Å². The second-order valence-corrected chi connectivity index (χ2v) is 4.62. The van der Waals surface area contributed by atoms with Gasteiger partial charge in [-0.15, -0.1) is 0 Å². The van der Waals surface area contributed by atoms with Crippen LogP contribution in [-0.2, 0) is 12.6 Å². The summed E-state index contributed by atoms with van der Waals surface area (Å²) in [5, 5.41) is 0. The van der Waals surface area contributed by atoms with Crippen LogP contribution >= 0.6 is 0 Å². The lowest BCUT2D eigenvalue weighted by atomic mass is 10.0. The van der Waals surface area contributed by atoms with Gasteiger partial charge in [0.2, 0.25) is 0 Å². The molecule has 3 rings (SSSR count). The molecule has 1 heterocycles. The predicted octanol–water partition coefficient (Wildman–Crippen LogP) is 2.03. The molecule has 0 saturated heterocycles. The number of benzene rings is 1. The molecular weight excluding hydrogens is 198 g/mol. The van der Waals surface area contributed by atoms with Crippen LogP contribution in [0.4, 0.5) is 0 Å². The molecule has 0 radical (unpaired) electrons. The van der Waals surface area contributed by atoms with Crippen molar-refractivity contribution in [2.45, 2.75) is 18.4 Å². The monoisotopic (exact) mass is 213 g/mol. The smallest absolute Gasteiger partial charge is 0.0948 e. The molecule has 0 aliphatic heterocycles. The van der Waals surface area contributed by atoms with Crippen LogP contribution in [0.3, 0.4) is 0 Å². The summed E-state index contributed by atoms with van der Waals surface area (Å²) < 4.78 is 2.02. The first-order valence-electron chi connectivity index (χ1n) is 5.55. The van der Waals surface area contributed by atoms with E-state index in [9.17, 15) is 0 Å². The third-order valence-electron chi connectivity index (χ3n) is 3.36. The quantitative estimate of drug-likeness (QED) is 0.829. The minimum atomic E-state index is -0.0367. The molecule has 1 aliphatic rings. The van der Waals surface area contributed by atoms with Crippen LogP contribution < -0.4 is 5.73 Å². The number of aryl methyl sites for hydroxylation is 1. The van der Waals surface area contributed by atoms with Gasteiger partial charge in [0, 0.05) is 12.6 Å². The summed E-state index contributed by atoms with van der Waals surface area (Å²) in [7, 11) is 2.00. The maximum Gasteiger partial charge on any atom is 0.0948 e. The number of aromatic nitrogens is 2. The van der Waals surface area contributed by atoms with E-state index >= 15 is 0 Å². The van der Waals surface area contributed by atoms with Gasteiger partial charge in [-0.25, -0.2) is 4.98 Å². The minimum absolute atomic E-state index is 0.0367. The maximum absolute atomic E-state index is 6.15. The van der Waals surface area contributed by atoms with Crippen LogP contribution in [0.15, 0.2) is 36.8 Å². The number of nitrogens with zero attached hydrogens (tertiary/aromatic N) is 2. The van der Waals surface area contributed by atoms with Gasteiger partial charge in [-0.05, 0) is 24.0 Å². The van der Waals surface area contributed by atoms with E-state index in [1.54, 1.807) is 0 Å². The minimum Gasteiger partial charge on any atom is -0.334 e. The average molecular weight is 213 g/mol. The second kappa shape index (κ2) is 3.19. The van der Waals surface area contributed by atoms with Gasteiger partial charge < -0.3 is 10.3 Å². The Morgan fingerprint density at radius 2 is 1.94 bits per heavy atom. The lowest BCUT2D eigenvalue weighted by molar-refractivity contribution is 0.740. The van der Waals surface area contributed by atoms with Crippen LogP contribution in [0.5, 0.6) is 0 Å². The molecule has 1 fully saturated rings. The van der Waals surface area contributed by atoms with Crippen LogP contribution in [0.2, 0.25) is 0 Å². The summed E-state index contributed by atoms with van der Waals surface area (Å²) in [5.41, 5.74) is 9.68. The third-order valence-corrected chi connectivity index (χ3v) is 3.36. The number of hydrogen-bond acceptors (Lipinski definition) is 2. The SMILES string of the molecule is Cn1cncc1-c1ccc(C2(N)CC2)cc1. The van der Waals surface area contributed by atoms with Gasteiger partial charge in [-0.2, -0.15) is 0 Å². The normalized spacial score (nSPS) is 17.4. The Morgan fingerprint density at radius 3 is 2.44 bits per heavy atom. The Hall–Kier alpha value is -1.61. The van der Waals surface area contributed by atoms with Crippen molar-refractivity contribution < 1.29 is 0 Å². The average Bonchev–Trinajstić information content (AvgIpc) is 2.90. The molecule has 2 aromatic rings. The number of imidazole rings is 1. The van der Waals surface area contributed by atoms with Crippen molar-refractivity contribution in [1.29, 1.82) is 0 Å². The lowest BCUT2D eigenvalue weighted by Crippen LogP contribution is -2.18. The molecule has 1 aliphatic carbocycles. The van der Waals surface area contributed by atoms with Crippen LogP contribution in [0, 0.1) is 0 Å². The first-order chi connectivity index (χ1) is 7.69. The van der Waals surface area contributed by atoms with Crippen molar-refractivity contribution >= 4 is 0 Å². The van der Waals surface area contributed by atoms with E-state index in [4.69, 9.17) is 5.73 Å². The Bertz CT molecular complexity index is 506. The van der Waals surface area contributed by atoms with Crippen LogP contribution in [0.25, 0.3) is 11.3 Å². The fourth-order valence-electron chi connectivity index (χ4n) is 2.03. The largest absolute Gasteiger partial charge is 0.334 e. The van der Waals surface area contributed by atoms with Gasteiger partial charge >= 0.3 is 0 Å². The maximum atomic E-state index is 6.15. The number of rotatable bonds is 2. The Morgan fingerprint density at radius 1 is 1.25 bits per heavy atom. The van der Waals surface area contributed by atoms with Crippen molar-refractivity contribution in [3.05, 3.63) is 42.4 Å². The fraction of sp³-hybridized carbons (Fsp3) is 0.308. The highest BCUT2D eigenvalue weighted by Crippen LogP contribution is 2.42. The molecule has 0 spiro atoms.